The van der Waals surface area contributed by atoms with Crippen molar-refractivity contribution in [2.24, 2.45) is 5.92 Å². The van der Waals surface area contributed by atoms with Crippen LogP contribution in [0.2, 0.25) is 0 Å². The fraction of sp³-hybridized carbons (Fsp3) is 0.889. The number of carbonyl (C=O) groups is 1. The van der Waals surface area contributed by atoms with E-state index in [0.717, 1.165) is 12.5 Å². The summed E-state index contributed by atoms with van der Waals surface area (Å²) in [4.78, 5) is 11.0. The summed E-state index contributed by atoms with van der Waals surface area (Å²) in [7, 11) is 1.42. The van der Waals surface area contributed by atoms with Gasteiger partial charge in [0.1, 0.15) is 6.04 Å². The molecule has 0 aromatic rings. The number of methoxy groups -OCH3 is 1. The zero-order chi connectivity index (χ0) is 9.68. The Morgan fingerprint density at radius 2 is 2.54 bits per heavy atom. The third kappa shape index (κ3) is 3.56. The second-order valence-electron chi connectivity index (χ2n) is 3.38. The molecule has 0 bridgehead atoms. The standard InChI is InChI=1S/C9H17NO2S/c1-7(9(11)12-2)10-5-8-3-4-13-6-8/h7-8,10H,3-6H2,1-2H3/t7-,8?/m0/s1. The van der Waals surface area contributed by atoms with E-state index in [1.54, 1.807) is 0 Å². The number of esters is 1. The molecule has 0 saturated carbocycles. The van der Waals surface area contributed by atoms with Crippen molar-refractivity contribution < 1.29 is 9.53 Å². The molecule has 0 aromatic carbocycles. The summed E-state index contributed by atoms with van der Waals surface area (Å²) < 4.78 is 4.62. The smallest absolute Gasteiger partial charge is 0.322 e. The van der Waals surface area contributed by atoms with Crippen molar-refractivity contribution in [3.8, 4) is 0 Å². The molecule has 1 saturated heterocycles. The fourth-order valence-corrected chi connectivity index (χ4v) is 2.63. The number of thioether (sulfide) groups is 1. The molecule has 1 heterocycles. The third-order valence-corrected chi connectivity index (χ3v) is 3.52. The Morgan fingerprint density at radius 3 is 3.08 bits per heavy atom. The molecule has 1 N–H and O–H groups in total. The van der Waals surface area contributed by atoms with E-state index in [9.17, 15) is 4.79 Å². The van der Waals surface area contributed by atoms with Gasteiger partial charge in [0.2, 0.25) is 0 Å². The lowest BCUT2D eigenvalue weighted by atomic mass is 10.1. The molecule has 3 nitrogen and oxygen atoms in total. The van der Waals surface area contributed by atoms with Gasteiger partial charge in [-0.05, 0) is 37.3 Å². The molecule has 0 radical (unpaired) electrons. The highest BCUT2D eigenvalue weighted by Gasteiger charge is 2.18. The first kappa shape index (κ1) is 10.9. The summed E-state index contributed by atoms with van der Waals surface area (Å²) in [5, 5.41) is 3.19. The van der Waals surface area contributed by atoms with Gasteiger partial charge >= 0.3 is 5.97 Å². The Kier molecular flexibility index (Phi) is 4.59. The quantitative estimate of drug-likeness (QED) is 0.689. The average Bonchev–Trinajstić information content (AvgIpc) is 2.65. The first-order valence-corrected chi connectivity index (χ1v) is 5.78. The second-order valence-corrected chi connectivity index (χ2v) is 4.53. The molecule has 1 aliphatic heterocycles. The van der Waals surface area contributed by atoms with Crippen LogP contribution in [0.25, 0.3) is 0 Å². The summed E-state index contributed by atoms with van der Waals surface area (Å²) in [6, 6.07) is -0.171. The topological polar surface area (TPSA) is 38.3 Å². The maximum Gasteiger partial charge on any atom is 0.322 e. The minimum absolute atomic E-state index is 0.171. The minimum Gasteiger partial charge on any atom is -0.468 e. The highest BCUT2D eigenvalue weighted by Crippen LogP contribution is 2.22. The van der Waals surface area contributed by atoms with E-state index in [1.165, 1.54) is 25.0 Å². The Balaban J connectivity index is 2.13. The van der Waals surface area contributed by atoms with Crippen molar-refractivity contribution in [2.45, 2.75) is 19.4 Å². The summed E-state index contributed by atoms with van der Waals surface area (Å²) >= 11 is 1.99. The van der Waals surface area contributed by atoms with Crippen molar-refractivity contribution in [1.82, 2.24) is 5.32 Å². The summed E-state index contributed by atoms with van der Waals surface area (Å²) in [5.41, 5.74) is 0. The monoisotopic (exact) mass is 203 g/mol. The van der Waals surface area contributed by atoms with Crippen LogP contribution >= 0.6 is 11.8 Å². The highest BCUT2D eigenvalue weighted by atomic mass is 32.2. The second kappa shape index (κ2) is 5.50. The van der Waals surface area contributed by atoms with Crippen LogP contribution < -0.4 is 5.32 Å². The molecule has 0 aliphatic carbocycles. The molecule has 0 aromatic heterocycles. The number of hydrogen-bond acceptors (Lipinski definition) is 4. The van der Waals surface area contributed by atoms with Gasteiger partial charge < -0.3 is 10.1 Å². The van der Waals surface area contributed by atoms with Crippen molar-refractivity contribution in [3.05, 3.63) is 0 Å². The zero-order valence-corrected chi connectivity index (χ0v) is 9.02. The van der Waals surface area contributed by atoms with Crippen LogP contribution in [0.15, 0.2) is 0 Å². The highest BCUT2D eigenvalue weighted by molar-refractivity contribution is 7.99. The van der Waals surface area contributed by atoms with Crippen LogP contribution in [0, 0.1) is 5.92 Å². The molecule has 13 heavy (non-hydrogen) atoms. The van der Waals surface area contributed by atoms with Crippen molar-refractivity contribution in [3.63, 3.8) is 0 Å². The molecular formula is C9H17NO2S. The molecule has 0 amide bonds. The Morgan fingerprint density at radius 1 is 1.77 bits per heavy atom. The predicted molar refractivity (Wildman–Crippen MR) is 54.9 cm³/mol. The van der Waals surface area contributed by atoms with Crippen LogP contribution in [0.4, 0.5) is 0 Å². The van der Waals surface area contributed by atoms with Gasteiger partial charge in [-0.15, -0.1) is 0 Å². The van der Waals surface area contributed by atoms with E-state index in [2.05, 4.69) is 10.1 Å². The van der Waals surface area contributed by atoms with Gasteiger partial charge in [0.05, 0.1) is 7.11 Å². The normalized spacial score (nSPS) is 24.3. The van der Waals surface area contributed by atoms with Gasteiger partial charge in [-0.25, -0.2) is 0 Å². The predicted octanol–water partition coefficient (Wildman–Crippen LogP) is 0.891. The van der Waals surface area contributed by atoms with E-state index >= 15 is 0 Å². The molecule has 1 rings (SSSR count). The number of ether oxygens (including phenoxy) is 1. The van der Waals surface area contributed by atoms with Crippen molar-refractivity contribution >= 4 is 17.7 Å². The van der Waals surface area contributed by atoms with Crippen molar-refractivity contribution in [2.75, 3.05) is 25.2 Å². The number of nitrogens with one attached hydrogen (secondary N) is 1. The lowest BCUT2D eigenvalue weighted by molar-refractivity contribution is -0.142. The molecule has 2 atom stereocenters. The maximum absolute atomic E-state index is 11.0. The largest absolute Gasteiger partial charge is 0.468 e. The van der Waals surface area contributed by atoms with Crippen LogP contribution in [-0.2, 0) is 9.53 Å². The van der Waals surface area contributed by atoms with Crippen LogP contribution in [0.3, 0.4) is 0 Å². The Labute approximate surface area is 83.6 Å². The first-order chi connectivity index (χ1) is 6.24. The van der Waals surface area contributed by atoms with Gasteiger partial charge in [-0.3, -0.25) is 4.79 Å². The number of rotatable bonds is 4. The van der Waals surface area contributed by atoms with Crippen LogP contribution in [0.5, 0.6) is 0 Å². The summed E-state index contributed by atoms with van der Waals surface area (Å²) in [6.45, 7) is 2.77. The SMILES string of the molecule is COC(=O)[C@H](C)NCC1CCSC1. The third-order valence-electron chi connectivity index (χ3n) is 2.29. The van der Waals surface area contributed by atoms with E-state index in [0.29, 0.717) is 0 Å². The van der Waals surface area contributed by atoms with E-state index in [1.807, 2.05) is 18.7 Å². The molecule has 1 unspecified atom stereocenters. The summed E-state index contributed by atoms with van der Waals surface area (Å²) in [5.74, 6) is 3.04. The molecule has 1 aliphatic rings. The first-order valence-electron chi connectivity index (χ1n) is 4.63. The van der Waals surface area contributed by atoms with Gasteiger partial charge in [-0.2, -0.15) is 11.8 Å². The average molecular weight is 203 g/mol. The van der Waals surface area contributed by atoms with E-state index in [4.69, 9.17) is 0 Å². The Bertz CT molecular complexity index is 169. The fourth-order valence-electron chi connectivity index (χ4n) is 1.35. The molecule has 4 heteroatoms. The summed E-state index contributed by atoms with van der Waals surface area (Å²) in [6.07, 6.45) is 1.27. The van der Waals surface area contributed by atoms with Gasteiger partial charge in [0.15, 0.2) is 0 Å². The van der Waals surface area contributed by atoms with E-state index in [-0.39, 0.29) is 12.0 Å². The molecule has 1 fully saturated rings. The molecule has 0 spiro atoms. The number of carbonyl (C=O) groups excluding carboxylic acids is 1. The lowest BCUT2D eigenvalue weighted by Crippen LogP contribution is -2.37. The lowest BCUT2D eigenvalue weighted by Gasteiger charge is -2.14. The van der Waals surface area contributed by atoms with Crippen LogP contribution in [-0.4, -0.2) is 37.2 Å². The maximum atomic E-state index is 11.0. The Hall–Kier alpha value is -0.220. The zero-order valence-electron chi connectivity index (χ0n) is 8.21. The van der Waals surface area contributed by atoms with E-state index < -0.39 is 0 Å². The van der Waals surface area contributed by atoms with Gasteiger partial charge in [-0.1, -0.05) is 0 Å². The van der Waals surface area contributed by atoms with Crippen LogP contribution in [0.1, 0.15) is 13.3 Å². The number of hydrogen-bond donors (Lipinski definition) is 1. The van der Waals surface area contributed by atoms with Gasteiger partial charge in [0, 0.05) is 0 Å². The minimum atomic E-state index is -0.175. The molecular weight excluding hydrogens is 186 g/mol. The van der Waals surface area contributed by atoms with Crippen molar-refractivity contribution in [1.29, 1.82) is 0 Å². The van der Waals surface area contributed by atoms with Gasteiger partial charge in [0.25, 0.3) is 0 Å². The molecule has 76 valence electrons.